The van der Waals surface area contributed by atoms with E-state index in [1.807, 2.05) is 30.3 Å². The van der Waals surface area contributed by atoms with E-state index in [1.54, 1.807) is 24.3 Å². The molecule has 0 spiro atoms. The number of nitrogens with one attached hydrogen (secondary N) is 1. The van der Waals surface area contributed by atoms with Crippen molar-refractivity contribution in [3.05, 3.63) is 98.6 Å². The number of rotatable bonds is 6. The highest BCUT2D eigenvalue weighted by atomic mass is 127. The maximum Gasteiger partial charge on any atom is 0.335 e. The molecule has 7 nitrogen and oxygen atoms in total. The van der Waals surface area contributed by atoms with Crippen molar-refractivity contribution >= 4 is 69.5 Å². The number of hydrogen-bond donors (Lipinski definition) is 2. The van der Waals surface area contributed by atoms with Crippen LogP contribution in [0.15, 0.2) is 78.4 Å². The maximum absolute atomic E-state index is 13.2. The fourth-order valence-electron chi connectivity index (χ4n) is 3.30. The van der Waals surface area contributed by atoms with Crippen molar-refractivity contribution in [1.29, 1.82) is 0 Å². The maximum atomic E-state index is 13.2. The zero-order valence-electron chi connectivity index (χ0n) is 17.5. The van der Waals surface area contributed by atoms with Gasteiger partial charge in [-0.05, 0) is 82.3 Å². The second-order valence-electron chi connectivity index (χ2n) is 7.28. The van der Waals surface area contributed by atoms with Crippen LogP contribution in [-0.4, -0.2) is 28.0 Å². The number of halogens is 1. The van der Waals surface area contributed by atoms with Gasteiger partial charge >= 0.3 is 5.97 Å². The minimum Gasteiger partial charge on any atom is -0.488 e. The van der Waals surface area contributed by atoms with E-state index >= 15 is 0 Å². The topological polar surface area (TPSA) is 95.9 Å². The van der Waals surface area contributed by atoms with Crippen LogP contribution in [0.3, 0.4) is 0 Å². The van der Waals surface area contributed by atoms with Crippen LogP contribution in [0.2, 0.25) is 0 Å². The number of nitrogens with zero attached hydrogens (tertiary/aromatic N) is 1. The number of carboxylic acids is 1. The summed E-state index contributed by atoms with van der Waals surface area (Å²) in [5, 5.41) is 11.6. The van der Waals surface area contributed by atoms with Crippen LogP contribution in [0.5, 0.6) is 5.75 Å². The number of anilines is 1. The van der Waals surface area contributed by atoms with E-state index < -0.39 is 17.8 Å². The molecule has 4 rings (SSSR count). The van der Waals surface area contributed by atoms with Crippen molar-refractivity contribution in [3.63, 3.8) is 0 Å². The first kappa shape index (κ1) is 23.6. The molecule has 2 amide bonds. The molecular weight excluding hydrogens is 567 g/mol. The van der Waals surface area contributed by atoms with Crippen LogP contribution >= 0.6 is 34.8 Å². The van der Waals surface area contributed by atoms with E-state index in [-0.39, 0.29) is 21.9 Å². The summed E-state index contributed by atoms with van der Waals surface area (Å²) >= 11 is 7.31. The smallest absolute Gasteiger partial charge is 0.335 e. The third-order valence-electron chi connectivity index (χ3n) is 4.96. The van der Waals surface area contributed by atoms with Gasteiger partial charge in [-0.15, -0.1) is 0 Å². The van der Waals surface area contributed by atoms with Crippen molar-refractivity contribution in [3.8, 4) is 5.75 Å². The van der Waals surface area contributed by atoms with Gasteiger partial charge in [0, 0.05) is 0 Å². The lowest BCUT2D eigenvalue weighted by molar-refractivity contribution is -0.122. The number of amides is 2. The Balaban J connectivity index is 1.59. The molecule has 0 unspecified atom stereocenters. The lowest BCUT2D eigenvalue weighted by Crippen LogP contribution is -2.54. The zero-order valence-corrected chi connectivity index (χ0v) is 20.5. The highest BCUT2D eigenvalue weighted by Gasteiger charge is 2.34. The first-order valence-corrected chi connectivity index (χ1v) is 11.5. The number of carbonyl (C=O) groups excluding carboxylic acids is 2. The SMILES string of the molecule is O=C1NC(=S)N(c2cccc(C(=O)O)c2)C(=O)C1=Cc1ccc(OCc2ccccc2)c(I)c1. The molecular formula is C25H17IN2O5S. The van der Waals surface area contributed by atoms with E-state index in [0.717, 1.165) is 14.0 Å². The average molecular weight is 584 g/mol. The fraction of sp³-hybridized carbons (Fsp3) is 0.0400. The summed E-state index contributed by atoms with van der Waals surface area (Å²) in [6.07, 6.45) is 1.47. The molecule has 3 aromatic rings. The predicted octanol–water partition coefficient (Wildman–Crippen LogP) is 4.40. The van der Waals surface area contributed by atoms with E-state index in [2.05, 4.69) is 27.9 Å². The van der Waals surface area contributed by atoms with Crippen LogP contribution in [0.1, 0.15) is 21.5 Å². The molecule has 0 atom stereocenters. The Morgan fingerprint density at radius 2 is 1.82 bits per heavy atom. The van der Waals surface area contributed by atoms with E-state index in [1.165, 1.54) is 24.3 Å². The standard InChI is InChI=1S/C25H17IN2O5S/c26-20-12-16(9-10-21(20)33-14-15-5-2-1-3-6-15)11-19-22(29)27-25(34)28(23(19)30)18-8-4-7-17(13-18)24(31)32/h1-13H,14H2,(H,31,32)(H,27,29,34). The van der Waals surface area contributed by atoms with E-state index in [0.29, 0.717) is 17.9 Å². The Hall–Kier alpha value is -3.57. The van der Waals surface area contributed by atoms with Gasteiger partial charge in [-0.1, -0.05) is 42.5 Å². The minimum atomic E-state index is -1.14. The van der Waals surface area contributed by atoms with Crippen molar-refractivity contribution in [2.45, 2.75) is 6.61 Å². The molecule has 0 aliphatic carbocycles. The normalized spacial score (nSPS) is 14.8. The Kier molecular flexibility index (Phi) is 7.03. The van der Waals surface area contributed by atoms with Gasteiger partial charge in [0.15, 0.2) is 5.11 Å². The molecule has 0 bridgehead atoms. The average Bonchev–Trinajstić information content (AvgIpc) is 2.82. The molecule has 1 heterocycles. The third kappa shape index (κ3) is 5.15. The summed E-state index contributed by atoms with van der Waals surface area (Å²) in [7, 11) is 0. The summed E-state index contributed by atoms with van der Waals surface area (Å²) in [6, 6.07) is 20.9. The number of aromatic carboxylic acids is 1. The van der Waals surface area contributed by atoms with Crippen molar-refractivity contribution < 1.29 is 24.2 Å². The molecule has 0 radical (unpaired) electrons. The van der Waals surface area contributed by atoms with Crippen molar-refractivity contribution in [2.75, 3.05) is 4.90 Å². The Bertz CT molecular complexity index is 1340. The lowest BCUT2D eigenvalue weighted by Gasteiger charge is -2.29. The molecule has 9 heteroatoms. The van der Waals surface area contributed by atoms with Crippen LogP contribution in [0.4, 0.5) is 5.69 Å². The Morgan fingerprint density at radius 3 is 2.53 bits per heavy atom. The molecule has 3 aromatic carbocycles. The van der Waals surface area contributed by atoms with Gasteiger partial charge in [-0.25, -0.2) is 4.79 Å². The number of carbonyl (C=O) groups is 3. The predicted molar refractivity (Wildman–Crippen MR) is 140 cm³/mol. The molecule has 34 heavy (non-hydrogen) atoms. The van der Waals surface area contributed by atoms with Gasteiger partial charge in [-0.3, -0.25) is 19.8 Å². The highest BCUT2D eigenvalue weighted by molar-refractivity contribution is 14.1. The highest BCUT2D eigenvalue weighted by Crippen LogP contribution is 2.26. The van der Waals surface area contributed by atoms with Crippen LogP contribution in [0, 0.1) is 3.57 Å². The summed E-state index contributed by atoms with van der Waals surface area (Å²) in [5.74, 6) is -1.73. The second kappa shape index (κ2) is 10.1. The number of ether oxygens (including phenoxy) is 1. The summed E-state index contributed by atoms with van der Waals surface area (Å²) in [4.78, 5) is 38.1. The van der Waals surface area contributed by atoms with Crippen LogP contribution < -0.4 is 15.0 Å². The monoisotopic (exact) mass is 584 g/mol. The lowest BCUT2D eigenvalue weighted by atomic mass is 10.1. The van der Waals surface area contributed by atoms with Crippen molar-refractivity contribution in [2.24, 2.45) is 0 Å². The molecule has 1 aliphatic rings. The number of thiocarbonyl (C=S) groups is 1. The summed E-state index contributed by atoms with van der Waals surface area (Å²) in [5.41, 5.74) is 1.79. The minimum absolute atomic E-state index is 0.00354. The fourth-order valence-corrected chi connectivity index (χ4v) is 4.27. The van der Waals surface area contributed by atoms with Crippen LogP contribution in [-0.2, 0) is 16.2 Å². The number of carboxylic acid groups (broad SMARTS) is 1. The van der Waals surface area contributed by atoms with Gasteiger partial charge in [0.2, 0.25) is 0 Å². The molecule has 0 aromatic heterocycles. The largest absolute Gasteiger partial charge is 0.488 e. The molecule has 170 valence electrons. The van der Waals surface area contributed by atoms with E-state index in [9.17, 15) is 19.5 Å². The molecule has 1 fully saturated rings. The first-order valence-electron chi connectivity index (χ1n) is 10.0. The quantitative estimate of drug-likeness (QED) is 0.193. The third-order valence-corrected chi connectivity index (χ3v) is 6.08. The van der Waals surface area contributed by atoms with E-state index in [4.69, 9.17) is 17.0 Å². The van der Waals surface area contributed by atoms with Crippen LogP contribution in [0.25, 0.3) is 6.08 Å². The second-order valence-corrected chi connectivity index (χ2v) is 8.83. The molecule has 1 saturated heterocycles. The van der Waals surface area contributed by atoms with Gasteiger partial charge in [-0.2, -0.15) is 0 Å². The van der Waals surface area contributed by atoms with Gasteiger partial charge in [0.05, 0.1) is 14.8 Å². The first-order chi connectivity index (χ1) is 16.3. The van der Waals surface area contributed by atoms with Gasteiger partial charge in [0.25, 0.3) is 11.8 Å². The van der Waals surface area contributed by atoms with Gasteiger partial charge < -0.3 is 9.84 Å². The summed E-state index contributed by atoms with van der Waals surface area (Å²) < 4.78 is 6.69. The summed E-state index contributed by atoms with van der Waals surface area (Å²) in [6.45, 7) is 0.417. The Labute approximate surface area is 214 Å². The van der Waals surface area contributed by atoms with Crippen molar-refractivity contribution in [1.82, 2.24) is 5.32 Å². The zero-order chi connectivity index (χ0) is 24.2. The molecule has 1 aliphatic heterocycles. The molecule has 2 N–H and O–H groups in total. The Morgan fingerprint density at radius 1 is 1.06 bits per heavy atom. The number of benzene rings is 3. The van der Waals surface area contributed by atoms with Gasteiger partial charge in [0.1, 0.15) is 17.9 Å². The number of hydrogen-bond acceptors (Lipinski definition) is 5. The molecule has 0 saturated carbocycles.